The predicted molar refractivity (Wildman–Crippen MR) is 68.9 cm³/mol. The zero-order valence-corrected chi connectivity index (χ0v) is 11.0. The summed E-state index contributed by atoms with van der Waals surface area (Å²) in [6.45, 7) is 9.86. The number of hydrogen-bond acceptors (Lipinski definition) is 2. The van der Waals surface area contributed by atoms with Crippen molar-refractivity contribution in [3.8, 4) is 5.75 Å². The molecule has 0 heterocycles. The Morgan fingerprint density at radius 3 is 2.50 bits per heavy atom. The lowest BCUT2D eigenvalue weighted by atomic mass is 9.82. The molecule has 0 aliphatic heterocycles. The van der Waals surface area contributed by atoms with Crippen molar-refractivity contribution in [1.82, 2.24) is 5.32 Å². The van der Waals surface area contributed by atoms with Crippen molar-refractivity contribution in [1.29, 1.82) is 0 Å². The van der Waals surface area contributed by atoms with E-state index in [0.717, 1.165) is 12.3 Å². The van der Waals surface area contributed by atoms with E-state index in [1.165, 1.54) is 5.56 Å². The Kier molecular flexibility index (Phi) is 4.36. The highest BCUT2D eigenvalue weighted by Gasteiger charge is 2.25. The molecular weight excluding hydrogens is 198 g/mol. The normalized spacial score (nSPS) is 13.6. The van der Waals surface area contributed by atoms with Crippen molar-refractivity contribution in [3.05, 3.63) is 29.8 Å². The summed E-state index contributed by atoms with van der Waals surface area (Å²) in [7, 11) is 1.71. The topological polar surface area (TPSA) is 21.3 Å². The fraction of sp³-hybridized carbons (Fsp3) is 0.571. The van der Waals surface area contributed by atoms with E-state index in [1.807, 2.05) is 12.1 Å². The summed E-state index contributed by atoms with van der Waals surface area (Å²) >= 11 is 0. The largest absolute Gasteiger partial charge is 0.497 e. The fourth-order valence-corrected chi connectivity index (χ4v) is 1.95. The number of nitrogens with one attached hydrogen (secondary N) is 1. The summed E-state index contributed by atoms with van der Waals surface area (Å²) < 4.78 is 5.27. The van der Waals surface area contributed by atoms with Gasteiger partial charge < -0.3 is 10.1 Å². The van der Waals surface area contributed by atoms with E-state index in [2.05, 4.69) is 45.1 Å². The zero-order valence-electron chi connectivity index (χ0n) is 11.0. The summed E-state index contributed by atoms with van der Waals surface area (Å²) in [5.41, 5.74) is 1.48. The van der Waals surface area contributed by atoms with Crippen molar-refractivity contribution in [2.75, 3.05) is 13.7 Å². The lowest BCUT2D eigenvalue weighted by Gasteiger charge is -2.32. The molecule has 1 aromatic rings. The average molecular weight is 221 g/mol. The molecule has 0 aromatic heterocycles. The first-order valence-electron chi connectivity index (χ1n) is 5.86. The lowest BCUT2D eigenvalue weighted by molar-refractivity contribution is 0.276. The standard InChI is InChI=1S/C14H23NO/c1-6-15-13(14(2,3)4)11-8-7-9-12(10-11)16-5/h7-10,13,15H,6H2,1-5H3. The molecule has 0 amide bonds. The number of benzene rings is 1. The molecule has 0 aliphatic rings. The van der Waals surface area contributed by atoms with Crippen LogP contribution in [0.3, 0.4) is 0 Å². The smallest absolute Gasteiger partial charge is 0.119 e. The van der Waals surface area contributed by atoms with Gasteiger partial charge in [-0.3, -0.25) is 0 Å². The van der Waals surface area contributed by atoms with E-state index in [-0.39, 0.29) is 5.41 Å². The van der Waals surface area contributed by atoms with E-state index in [9.17, 15) is 0 Å². The summed E-state index contributed by atoms with van der Waals surface area (Å²) in [5.74, 6) is 0.921. The van der Waals surface area contributed by atoms with Gasteiger partial charge in [0.05, 0.1) is 7.11 Å². The molecule has 2 nitrogen and oxygen atoms in total. The van der Waals surface area contributed by atoms with E-state index < -0.39 is 0 Å². The van der Waals surface area contributed by atoms with Gasteiger partial charge in [0.25, 0.3) is 0 Å². The maximum Gasteiger partial charge on any atom is 0.119 e. The second-order valence-corrected chi connectivity index (χ2v) is 5.13. The predicted octanol–water partition coefficient (Wildman–Crippen LogP) is 3.39. The monoisotopic (exact) mass is 221 g/mol. The number of hydrogen-bond donors (Lipinski definition) is 1. The van der Waals surface area contributed by atoms with Gasteiger partial charge in [0.1, 0.15) is 5.75 Å². The van der Waals surface area contributed by atoms with Crippen LogP contribution >= 0.6 is 0 Å². The summed E-state index contributed by atoms with van der Waals surface area (Å²) in [5, 5.41) is 3.53. The molecule has 16 heavy (non-hydrogen) atoms. The quantitative estimate of drug-likeness (QED) is 0.841. The Hall–Kier alpha value is -1.02. The maximum absolute atomic E-state index is 5.27. The van der Waals surface area contributed by atoms with Crippen molar-refractivity contribution in [2.24, 2.45) is 5.41 Å². The van der Waals surface area contributed by atoms with Crippen molar-refractivity contribution < 1.29 is 4.74 Å². The minimum atomic E-state index is 0.197. The summed E-state index contributed by atoms with van der Waals surface area (Å²) in [6.07, 6.45) is 0. The van der Waals surface area contributed by atoms with Crippen LogP contribution in [0.1, 0.15) is 39.3 Å². The molecule has 0 spiro atoms. The number of ether oxygens (including phenoxy) is 1. The van der Waals surface area contributed by atoms with E-state index >= 15 is 0 Å². The highest BCUT2D eigenvalue weighted by Crippen LogP contribution is 2.33. The van der Waals surface area contributed by atoms with Crippen LogP contribution in [0.25, 0.3) is 0 Å². The maximum atomic E-state index is 5.27. The van der Waals surface area contributed by atoms with Gasteiger partial charge in [-0.25, -0.2) is 0 Å². The van der Waals surface area contributed by atoms with Crippen molar-refractivity contribution >= 4 is 0 Å². The Morgan fingerprint density at radius 2 is 2.00 bits per heavy atom. The van der Waals surface area contributed by atoms with Crippen LogP contribution in [0.2, 0.25) is 0 Å². The van der Waals surface area contributed by atoms with Gasteiger partial charge in [0.2, 0.25) is 0 Å². The van der Waals surface area contributed by atoms with Crippen LogP contribution in [0.4, 0.5) is 0 Å². The molecule has 0 fully saturated rings. The molecule has 0 saturated carbocycles. The van der Waals surface area contributed by atoms with Crippen LogP contribution in [-0.4, -0.2) is 13.7 Å². The second-order valence-electron chi connectivity index (χ2n) is 5.13. The lowest BCUT2D eigenvalue weighted by Crippen LogP contribution is -2.32. The molecule has 0 bridgehead atoms. The van der Waals surface area contributed by atoms with Crippen LogP contribution in [-0.2, 0) is 0 Å². The van der Waals surface area contributed by atoms with Gasteiger partial charge in [-0.2, -0.15) is 0 Å². The fourth-order valence-electron chi connectivity index (χ4n) is 1.95. The first-order valence-corrected chi connectivity index (χ1v) is 5.86. The summed E-state index contributed by atoms with van der Waals surface area (Å²) in [4.78, 5) is 0. The zero-order chi connectivity index (χ0) is 12.2. The highest BCUT2D eigenvalue weighted by molar-refractivity contribution is 5.31. The molecule has 2 heteroatoms. The van der Waals surface area contributed by atoms with Crippen LogP contribution in [0.5, 0.6) is 5.75 Å². The van der Waals surface area contributed by atoms with E-state index in [0.29, 0.717) is 6.04 Å². The third-order valence-corrected chi connectivity index (χ3v) is 2.70. The van der Waals surface area contributed by atoms with Gasteiger partial charge in [-0.05, 0) is 29.7 Å². The Balaban J connectivity index is 3.01. The van der Waals surface area contributed by atoms with Crippen LogP contribution < -0.4 is 10.1 Å². The third kappa shape index (κ3) is 3.24. The van der Waals surface area contributed by atoms with E-state index in [4.69, 9.17) is 4.74 Å². The van der Waals surface area contributed by atoms with Crippen LogP contribution in [0, 0.1) is 5.41 Å². The van der Waals surface area contributed by atoms with Crippen molar-refractivity contribution in [3.63, 3.8) is 0 Å². The Bertz CT molecular complexity index is 328. The molecule has 0 aliphatic carbocycles. The molecule has 0 saturated heterocycles. The first-order chi connectivity index (χ1) is 7.49. The van der Waals surface area contributed by atoms with Gasteiger partial charge in [0, 0.05) is 6.04 Å². The van der Waals surface area contributed by atoms with Crippen molar-refractivity contribution in [2.45, 2.75) is 33.7 Å². The number of methoxy groups -OCH3 is 1. The Labute approximate surface area is 99.0 Å². The molecule has 1 atom stereocenters. The molecule has 1 aromatic carbocycles. The highest BCUT2D eigenvalue weighted by atomic mass is 16.5. The van der Waals surface area contributed by atoms with E-state index in [1.54, 1.807) is 7.11 Å². The second kappa shape index (κ2) is 5.35. The van der Waals surface area contributed by atoms with Gasteiger partial charge in [0.15, 0.2) is 0 Å². The van der Waals surface area contributed by atoms with Crippen LogP contribution in [0.15, 0.2) is 24.3 Å². The number of rotatable bonds is 4. The average Bonchev–Trinajstić information content (AvgIpc) is 2.24. The SMILES string of the molecule is CCNC(c1cccc(OC)c1)C(C)(C)C. The minimum Gasteiger partial charge on any atom is -0.497 e. The minimum absolute atomic E-state index is 0.197. The molecule has 1 N–H and O–H groups in total. The molecule has 0 radical (unpaired) electrons. The third-order valence-electron chi connectivity index (χ3n) is 2.70. The Morgan fingerprint density at radius 1 is 1.31 bits per heavy atom. The van der Waals surface area contributed by atoms with Gasteiger partial charge in [-0.15, -0.1) is 0 Å². The first kappa shape index (κ1) is 13.0. The molecule has 90 valence electrons. The van der Waals surface area contributed by atoms with Gasteiger partial charge in [-0.1, -0.05) is 39.8 Å². The van der Waals surface area contributed by atoms with Gasteiger partial charge >= 0.3 is 0 Å². The summed E-state index contributed by atoms with van der Waals surface area (Å²) in [6, 6.07) is 8.65. The molecule has 1 rings (SSSR count). The molecule has 1 unspecified atom stereocenters. The molecular formula is C14H23NO.